The van der Waals surface area contributed by atoms with E-state index in [4.69, 9.17) is 15.2 Å². The Balaban J connectivity index is 1.04. The monoisotopic (exact) mass is 670 g/mol. The van der Waals surface area contributed by atoms with Gasteiger partial charge in [-0.1, -0.05) is 66.7 Å². The Kier molecular flexibility index (Phi) is 10.8. The molecule has 0 heterocycles. The van der Waals surface area contributed by atoms with E-state index in [2.05, 4.69) is 27.2 Å². The van der Waals surface area contributed by atoms with Crippen molar-refractivity contribution in [2.75, 3.05) is 19.8 Å². The number of rotatable bonds is 14. The fraction of sp³-hybridized carbons (Fsp3) is 0.200. The zero-order valence-electron chi connectivity index (χ0n) is 25.7. The molecule has 0 aliphatic heterocycles. The number of amides is 2. The molecule has 1 aliphatic carbocycles. The summed E-state index contributed by atoms with van der Waals surface area (Å²) in [6.45, 7) is -0.123. The summed E-state index contributed by atoms with van der Waals surface area (Å²) in [5.41, 5.74) is 11.0. The third-order valence-corrected chi connectivity index (χ3v) is 9.15. The lowest BCUT2D eigenvalue weighted by atomic mass is 9.98. The number of sulfonamides is 1. The molecule has 1 aliphatic rings. The number of hydrogen-bond acceptors (Lipinski definition) is 7. The Labute approximate surface area is 277 Å². The minimum atomic E-state index is -4.08. The van der Waals surface area contributed by atoms with Gasteiger partial charge in [-0.2, -0.15) is 9.71 Å². The van der Waals surface area contributed by atoms with Crippen LogP contribution >= 0.6 is 0 Å². The number of aliphatic imine (C=N–C) groups is 1. The number of nitrogens with two attached hydrogens (primary N) is 1. The summed E-state index contributed by atoms with van der Waals surface area (Å²) in [5, 5.41) is 11.9. The van der Waals surface area contributed by atoms with E-state index in [9.17, 15) is 27.9 Å². The number of carboxylic acids is 1. The van der Waals surface area contributed by atoms with Gasteiger partial charge in [0, 0.05) is 24.4 Å². The molecule has 0 bridgehead atoms. The van der Waals surface area contributed by atoms with Crippen molar-refractivity contribution in [3.63, 3.8) is 0 Å². The van der Waals surface area contributed by atoms with Crippen molar-refractivity contribution >= 4 is 33.8 Å². The standard InChI is InChI=1S/C35H34N4O8S/c36-33(38-35(43)47-22-30-28-13-6-4-11-26(28)27-12-5-7-14-29(27)30)23-16-18-24(19-17-23)46-20-8-15-32(40)37-21-31(34(41)42)39-48(44,45)25-9-2-1-3-10-25/h1-7,9-14,16-19,30-31,39H,8,15,20-22H2,(H,37,40)(H,41,42)(H2,36,38,43). The van der Waals surface area contributed by atoms with Crippen molar-refractivity contribution in [2.24, 2.45) is 10.7 Å². The first-order chi connectivity index (χ1) is 23.1. The molecule has 2 amide bonds. The lowest BCUT2D eigenvalue weighted by Gasteiger charge is -2.15. The Bertz CT molecular complexity index is 1870. The van der Waals surface area contributed by atoms with Crippen molar-refractivity contribution in [1.82, 2.24) is 10.0 Å². The lowest BCUT2D eigenvalue weighted by Crippen LogP contribution is -2.48. The summed E-state index contributed by atoms with van der Waals surface area (Å²) in [5.74, 6) is -1.50. The predicted molar refractivity (Wildman–Crippen MR) is 178 cm³/mol. The number of benzene rings is 4. The average molecular weight is 671 g/mol. The highest BCUT2D eigenvalue weighted by molar-refractivity contribution is 7.89. The van der Waals surface area contributed by atoms with Crippen LogP contribution in [0.2, 0.25) is 0 Å². The maximum absolute atomic E-state index is 12.5. The van der Waals surface area contributed by atoms with Crippen LogP contribution in [-0.4, -0.2) is 63.1 Å². The average Bonchev–Trinajstić information content (AvgIpc) is 3.41. The van der Waals surface area contributed by atoms with Gasteiger partial charge in [0.15, 0.2) is 0 Å². The third-order valence-electron chi connectivity index (χ3n) is 7.67. The maximum Gasteiger partial charge on any atom is 0.435 e. The second-order valence-electron chi connectivity index (χ2n) is 10.9. The second-order valence-corrected chi connectivity index (χ2v) is 12.6. The SMILES string of the molecule is NC(=NC(=O)OCC1c2ccccc2-c2ccccc21)c1ccc(OCCCC(=O)NCC(NS(=O)(=O)c2ccccc2)C(=O)O)cc1. The Morgan fingerprint density at radius 1 is 0.854 bits per heavy atom. The van der Waals surface area contributed by atoms with Gasteiger partial charge in [-0.05, 0) is 65.1 Å². The number of carboxylic acid groups (broad SMARTS) is 1. The fourth-order valence-corrected chi connectivity index (χ4v) is 6.48. The van der Waals surface area contributed by atoms with Crippen LogP contribution < -0.4 is 20.5 Å². The third kappa shape index (κ3) is 8.43. The molecule has 5 rings (SSSR count). The van der Waals surface area contributed by atoms with Crippen LogP contribution in [0.1, 0.15) is 35.4 Å². The molecule has 0 fully saturated rings. The van der Waals surface area contributed by atoms with E-state index in [0.717, 1.165) is 22.3 Å². The topological polar surface area (TPSA) is 186 Å². The number of nitrogens with one attached hydrogen (secondary N) is 2. The van der Waals surface area contributed by atoms with Crippen molar-refractivity contribution in [3.8, 4) is 16.9 Å². The Morgan fingerprint density at radius 3 is 2.08 bits per heavy atom. The minimum absolute atomic E-state index is 0.0128. The zero-order valence-corrected chi connectivity index (χ0v) is 26.6. The first-order valence-electron chi connectivity index (χ1n) is 15.1. The normalized spacial score (nSPS) is 13.2. The van der Waals surface area contributed by atoms with Crippen LogP contribution in [0, 0.1) is 0 Å². The van der Waals surface area contributed by atoms with Crippen LogP contribution in [0.5, 0.6) is 5.75 Å². The first kappa shape index (κ1) is 33.8. The number of hydrogen-bond donors (Lipinski definition) is 4. The van der Waals surface area contributed by atoms with E-state index >= 15 is 0 Å². The highest BCUT2D eigenvalue weighted by atomic mass is 32.2. The summed E-state index contributed by atoms with van der Waals surface area (Å²) in [6, 6.07) is 28.4. The van der Waals surface area contributed by atoms with Gasteiger partial charge in [-0.25, -0.2) is 13.2 Å². The Morgan fingerprint density at radius 2 is 1.46 bits per heavy atom. The summed E-state index contributed by atoms with van der Waals surface area (Å²) >= 11 is 0. The smallest absolute Gasteiger partial charge is 0.435 e. The van der Waals surface area contributed by atoms with Crippen molar-refractivity contribution in [3.05, 3.63) is 120 Å². The number of carbonyl (C=O) groups excluding carboxylic acids is 2. The van der Waals surface area contributed by atoms with Gasteiger partial charge >= 0.3 is 12.1 Å². The number of fused-ring (bicyclic) bond motifs is 3. The van der Waals surface area contributed by atoms with Crippen LogP contribution in [0.25, 0.3) is 11.1 Å². The zero-order chi connectivity index (χ0) is 34.1. The summed E-state index contributed by atoms with van der Waals surface area (Å²) in [4.78, 5) is 40.2. The minimum Gasteiger partial charge on any atom is -0.494 e. The van der Waals surface area contributed by atoms with E-state index in [-0.39, 0.29) is 36.3 Å². The number of carbonyl (C=O) groups is 3. The fourth-order valence-electron chi connectivity index (χ4n) is 5.27. The molecule has 0 radical (unpaired) electrons. The largest absolute Gasteiger partial charge is 0.494 e. The molecule has 5 N–H and O–H groups in total. The molecule has 0 saturated heterocycles. The van der Waals surface area contributed by atoms with Crippen LogP contribution in [0.15, 0.2) is 113 Å². The number of ether oxygens (including phenoxy) is 2. The maximum atomic E-state index is 12.5. The highest BCUT2D eigenvalue weighted by Crippen LogP contribution is 2.44. The van der Waals surface area contributed by atoms with E-state index in [0.29, 0.717) is 17.7 Å². The number of nitrogens with zero attached hydrogens (tertiary/aromatic N) is 1. The molecule has 4 aromatic rings. The molecular formula is C35H34N4O8S. The molecule has 248 valence electrons. The summed E-state index contributed by atoms with van der Waals surface area (Å²) < 4.78 is 38.1. The van der Waals surface area contributed by atoms with Gasteiger partial charge in [-0.15, -0.1) is 0 Å². The van der Waals surface area contributed by atoms with Gasteiger partial charge < -0.3 is 25.6 Å². The molecule has 0 saturated carbocycles. The van der Waals surface area contributed by atoms with E-state index in [1.165, 1.54) is 24.3 Å². The number of amidine groups is 1. The predicted octanol–water partition coefficient (Wildman–Crippen LogP) is 4.05. The quantitative estimate of drug-likeness (QED) is 0.0872. The molecule has 1 atom stereocenters. The molecule has 12 nitrogen and oxygen atoms in total. The molecule has 13 heteroatoms. The van der Waals surface area contributed by atoms with Gasteiger partial charge in [0.25, 0.3) is 0 Å². The van der Waals surface area contributed by atoms with Crippen molar-refractivity contribution < 1.29 is 37.4 Å². The van der Waals surface area contributed by atoms with Gasteiger partial charge in [-0.3, -0.25) is 9.59 Å². The van der Waals surface area contributed by atoms with Gasteiger partial charge in [0.05, 0.1) is 11.5 Å². The first-order valence-corrected chi connectivity index (χ1v) is 16.6. The number of aliphatic carboxylic acids is 1. The molecular weight excluding hydrogens is 636 g/mol. The lowest BCUT2D eigenvalue weighted by molar-refractivity contribution is -0.138. The summed E-state index contributed by atoms with van der Waals surface area (Å²) in [6.07, 6.45) is -0.460. The van der Waals surface area contributed by atoms with E-state index < -0.39 is 40.6 Å². The van der Waals surface area contributed by atoms with Gasteiger partial charge in [0.2, 0.25) is 15.9 Å². The molecule has 0 spiro atoms. The molecule has 1 unspecified atom stereocenters. The molecule has 0 aromatic heterocycles. The Hall–Kier alpha value is -5.53. The second kappa shape index (κ2) is 15.4. The van der Waals surface area contributed by atoms with E-state index in [1.807, 2.05) is 36.4 Å². The van der Waals surface area contributed by atoms with E-state index in [1.54, 1.807) is 30.3 Å². The highest BCUT2D eigenvalue weighted by Gasteiger charge is 2.29. The molecule has 4 aromatic carbocycles. The van der Waals surface area contributed by atoms with Crippen LogP contribution in [-0.2, 0) is 24.3 Å². The summed E-state index contributed by atoms with van der Waals surface area (Å²) in [7, 11) is -4.08. The van der Waals surface area contributed by atoms with Crippen LogP contribution in [0.4, 0.5) is 4.79 Å². The van der Waals surface area contributed by atoms with Crippen LogP contribution in [0.3, 0.4) is 0 Å². The van der Waals surface area contributed by atoms with Crippen molar-refractivity contribution in [1.29, 1.82) is 0 Å². The van der Waals surface area contributed by atoms with Gasteiger partial charge in [0.1, 0.15) is 24.2 Å². The molecule has 48 heavy (non-hydrogen) atoms. The van der Waals surface area contributed by atoms with Crippen molar-refractivity contribution in [2.45, 2.75) is 29.7 Å².